The Morgan fingerprint density at radius 2 is 1.88 bits per heavy atom. The molecule has 1 aliphatic rings. The van der Waals surface area contributed by atoms with Gasteiger partial charge >= 0.3 is 0 Å². The van der Waals surface area contributed by atoms with E-state index in [1.165, 1.54) is 0 Å². The number of sulfone groups is 1. The molecule has 0 aromatic heterocycles. The van der Waals surface area contributed by atoms with Crippen LogP contribution in [0.3, 0.4) is 0 Å². The van der Waals surface area contributed by atoms with Crippen LogP contribution in [0.25, 0.3) is 0 Å². The molecule has 1 aliphatic carbocycles. The van der Waals surface area contributed by atoms with E-state index in [2.05, 4.69) is 0 Å². The molecule has 0 N–H and O–H groups in total. The minimum atomic E-state index is -3.50. The Morgan fingerprint density at radius 1 is 1.24 bits per heavy atom. The van der Waals surface area contributed by atoms with Crippen molar-refractivity contribution < 1.29 is 13.2 Å². The smallest absolute Gasteiger partial charge is 0.188 e. The Kier molecular flexibility index (Phi) is 3.33. The van der Waals surface area contributed by atoms with Crippen LogP contribution in [0.15, 0.2) is 35.2 Å². The molecular weight excluding hydrogens is 236 g/mol. The van der Waals surface area contributed by atoms with Crippen molar-refractivity contribution >= 4 is 15.6 Å². The molecule has 1 fully saturated rings. The second-order valence-electron chi connectivity index (χ2n) is 4.45. The van der Waals surface area contributed by atoms with E-state index in [0.717, 1.165) is 6.42 Å². The maximum atomic E-state index is 12.4. The minimum Gasteiger partial charge on any atom is -0.298 e. The summed E-state index contributed by atoms with van der Waals surface area (Å²) >= 11 is 0. The molecule has 92 valence electrons. The topological polar surface area (TPSA) is 51.2 Å². The molecule has 1 aromatic rings. The average molecular weight is 252 g/mol. The lowest BCUT2D eigenvalue weighted by Gasteiger charge is -2.17. The van der Waals surface area contributed by atoms with Gasteiger partial charge in [-0.05, 0) is 24.5 Å². The molecule has 1 aromatic carbocycles. The van der Waals surface area contributed by atoms with Gasteiger partial charge in [0.25, 0.3) is 0 Å². The van der Waals surface area contributed by atoms with E-state index in [9.17, 15) is 13.2 Å². The third-order valence-corrected chi connectivity index (χ3v) is 5.68. The lowest BCUT2D eigenvalue weighted by atomic mass is 10.1. The molecule has 0 bridgehead atoms. The summed E-state index contributed by atoms with van der Waals surface area (Å²) in [5, 5.41) is -0.824. The summed E-state index contributed by atoms with van der Waals surface area (Å²) in [6.07, 6.45) is 1.84. The van der Waals surface area contributed by atoms with Crippen LogP contribution < -0.4 is 0 Å². The summed E-state index contributed by atoms with van der Waals surface area (Å²) in [6, 6.07) is 8.27. The SMILES string of the molecule is CC[C@H]1CCC(=O)[C@@H]1S(=O)(=O)c1ccccc1. The van der Waals surface area contributed by atoms with Gasteiger partial charge in [0.05, 0.1) is 4.90 Å². The molecule has 2 rings (SSSR count). The maximum absolute atomic E-state index is 12.4. The van der Waals surface area contributed by atoms with Crippen LogP contribution in [0.5, 0.6) is 0 Å². The van der Waals surface area contributed by atoms with Gasteiger partial charge in [0.2, 0.25) is 0 Å². The van der Waals surface area contributed by atoms with Crippen molar-refractivity contribution in [3.05, 3.63) is 30.3 Å². The first kappa shape index (κ1) is 12.3. The van der Waals surface area contributed by atoms with Crippen LogP contribution >= 0.6 is 0 Å². The first-order valence-electron chi connectivity index (χ1n) is 5.89. The summed E-state index contributed by atoms with van der Waals surface area (Å²) < 4.78 is 24.8. The highest BCUT2D eigenvalue weighted by atomic mass is 32.2. The zero-order chi connectivity index (χ0) is 12.5. The number of benzene rings is 1. The number of rotatable bonds is 3. The molecule has 0 amide bonds. The molecule has 4 heteroatoms. The van der Waals surface area contributed by atoms with Crippen molar-refractivity contribution in [1.82, 2.24) is 0 Å². The Hall–Kier alpha value is -1.16. The highest BCUT2D eigenvalue weighted by Gasteiger charge is 2.43. The van der Waals surface area contributed by atoms with Crippen LogP contribution in [0.4, 0.5) is 0 Å². The summed E-state index contributed by atoms with van der Waals surface area (Å²) in [7, 11) is -3.50. The lowest BCUT2D eigenvalue weighted by molar-refractivity contribution is -0.117. The lowest BCUT2D eigenvalue weighted by Crippen LogP contribution is -2.31. The van der Waals surface area contributed by atoms with Gasteiger partial charge in [-0.1, -0.05) is 31.5 Å². The third kappa shape index (κ3) is 2.14. The van der Waals surface area contributed by atoms with Gasteiger partial charge in [-0.15, -0.1) is 0 Å². The molecule has 0 radical (unpaired) electrons. The van der Waals surface area contributed by atoms with Crippen LogP contribution in [0, 0.1) is 5.92 Å². The Bertz CT molecular complexity index is 505. The van der Waals surface area contributed by atoms with Gasteiger partial charge in [-0.25, -0.2) is 8.42 Å². The van der Waals surface area contributed by atoms with E-state index in [-0.39, 0.29) is 16.6 Å². The molecule has 3 nitrogen and oxygen atoms in total. The Morgan fingerprint density at radius 3 is 2.47 bits per heavy atom. The highest BCUT2D eigenvalue weighted by Crippen LogP contribution is 2.33. The van der Waals surface area contributed by atoms with Gasteiger partial charge < -0.3 is 0 Å². The Labute approximate surface area is 102 Å². The monoisotopic (exact) mass is 252 g/mol. The summed E-state index contributed by atoms with van der Waals surface area (Å²) in [5.74, 6) is -0.145. The molecule has 0 heterocycles. The van der Waals surface area contributed by atoms with E-state index in [0.29, 0.717) is 12.8 Å². The van der Waals surface area contributed by atoms with Crippen molar-refractivity contribution in [2.45, 2.75) is 36.3 Å². The predicted octanol–water partition coefficient (Wildman–Crippen LogP) is 2.22. The fraction of sp³-hybridized carbons (Fsp3) is 0.462. The molecule has 17 heavy (non-hydrogen) atoms. The molecule has 0 spiro atoms. The standard InChI is InChI=1S/C13H16O3S/c1-2-10-8-9-12(14)13(10)17(15,16)11-6-4-3-5-7-11/h3-7,10,13H,2,8-9H2,1H3/t10-,13+/m0/s1. The molecule has 0 unspecified atom stereocenters. The van der Waals surface area contributed by atoms with Gasteiger partial charge in [0, 0.05) is 6.42 Å². The van der Waals surface area contributed by atoms with Crippen LogP contribution in [0.1, 0.15) is 26.2 Å². The van der Waals surface area contributed by atoms with Crippen molar-refractivity contribution in [3.8, 4) is 0 Å². The molecular formula is C13H16O3S. The summed E-state index contributed by atoms with van der Waals surface area (Å²) in [6.45, 7) is 1.94. The van der Waals surface area contributed by atoms with Crippen LogP contribution in [-0.4, -0.2) is 19.5 Å². The Balaban J connectivity index is 2.42. The van der Waals surface area contributed by atoms with Crippen LogP contribution in [0.2, 0.25) is 0 Å². The number of Topliss-reactive ketones (excluding diaryl/α,β-unsaturated/α-hetero) is 1. The number of carbonyl (C=O) groups excluding carboxylic acids is 1. The van der Waals surface area contributed by atoms with Gasteiger partial charge in [0.15, 0.2) is 15.6 Å². The first-order valence-corrected chi connectivity index (χ1v) is 7.43. The van der Waals surface area contributed by atoms with E-state index in [4.69, 9.17) is 0 Å². The number of ketones is 1. The van der Waals surface area contributed by atoms with E-state index in [1.807, 2.05) is 6.92 Å². The third-order valence-electron chi connectivity index (χ3n) is 3.44. The predicted molar refractivity (Wildman–Crippen MR) is 65.4 cm³/mol. The second-order valence-corrected chi connectivity index (χ2v) is 6.52. The van der Waals surface area contributed by atoms with E-state index < -0.39 is 15.1 Å². The van der Waals surface area contributed by atoms with Crippen molar-refractivity contribution in [3.63, 3.8) is 0 Å². The number of carbonyl (C=O) groups is 1. The average Bonchev–Trinajstić information content (AvgIpc) is 2.72. The summed E-state index contributed by atoms with van der Waals surface area (Å²) in [5.41, 5.74) is 0. The van der Waals surface area contributed by atoms with E-state index in [1.54, 1.807) is 30.3 Å². The fourth-order valence-electron chi connectivity index (χ4n) is 2.49. The molecule has 0 saturated heterocycles. The second kappa shape index (κ2) is 4.61. The van der Waals surface area contributed by atoms with Crippen molar-refractivity contribution in [2.75, 3.05) is 0 Å². The normalized spacial score (nSPS) is 25.1. The quantitative estimate of drug-likeness (QED) is 0.828. The zero-order valence-corrected chi connectivity index (χ0v) is 10.6. The van der Waals surface area contributed by atoms with Gasteiger partial charge in [0.1, 0.15) is 5.25 Å². The van der Waals surface area contributed by atoms with E-state index >= 15 is 0 Å². The zero-order valence-electron chi connectivity index (χ0n) is 9.80. The molecule has 2 atom stereocenters. The number of hydrogen-bond acceptors (Lipinski definition) is 3. The molecule has 1 saturated carbocycles. The highest BCUT2D eigenvalue weighted by molar-refractivity contribution is 7.92. The van der Waals surface area contributed by atoms with Gasteiger partial charge in [-0.3, -0.25) is 4.79 Å². The van der Waals surface area contributed by atoms with Crippen molar-refractivity contribution in [2.24, 2.45) is 5.92 Å². The molecule has 0 aliphatic heterocycles. The summed E-state index contributed by atoms with van der Waals surface area (Å²) in [4.78, 5) is 12.0. The van der Waals surface area contributed by atoms with Gasteiger partial charge in [-0.2, -0.15) is 0 Å². The first-order chi connectivity index (χ1) is 8.07. The number of hydrogen-bond donors (Lipinski definition) is 0. The minimum absolute atomic E-state index is 0.0206. The van der Waals surface area contributed by atoms with Crippen LogP contribution in [-0.2, 0) is 14.6 Å². The fourth-order valence-corrected chi connectivity index (χ4v) is 4.61. The maximum Gasteiger partial charge on any atom is 0.188 e. The largest absolute Gasteiger partial charge is 0.298 e. The van der Waals surface area contributed by atoms with Crippen molar-refractivity contribution in [1.29, 1.82) is 0 Å².